The lowest BCUT2D eigenvalue weighted by Crippen LogP contribution is -2.14. The zero-order valence-electron chi connectivity index (χ0n) is 20.6. The van der Waals surface area contributed by atoms with E-state index in [1.54, 1.807) is 6.20 Å². The molecule has 0 saturated carbocycles. The van der Waals surface area contributed by atoms with Crippen LogP contribution < -0.4 is 10.6 Å². The van der Waals surface area contributed by atoms with Crippen molar-refractivity contribution in [3.8, 4) is 27.5 Å². The third kappa shape index (κ3) is 4.71. The van der Waals surface area contributed by atoms with E-state index >= 15 is 0 Å². The maximum absolute atomic E-state index is 12.5. The van der Waals surface area contributed by atoms with Crippen molar-refractivity contribution >= 4 is 34.0 Å². The van der Waals surface area contributed by atoms with Gasteiger partial charge >= 0.3 is 0 Å². The molecule has 0 fully saturated rings. The number of fused-ring (bicyclic) bond motifs is 3. The molecule has 0 aliphatic heterocycles. The van der Waals surface area contributed by atoms with Gasteiger partial charge in [0.15, 0.2) is 5.13 Å². The number of aromatic nitrogens is 4. The van der Waals surface area contributed by atoms with Gasteiger partial charge in [0.2, 0.25) is 11.8 Å². The number of anilines is 2. The molecular formula is C29H24N6O2S. The minimum Gasteiger partial charge on any atom is -0.326 e. The molecule has 2 aromatic carbocycles. The van der Waals surface area contributed by atoms with Crippen LogP contribution in [0.3, 0.4) is 0 Å². The van der Waals surface area contributed by atoms with Crippen LogP contribution in [0.4, 0.5) is 10.8 Å². The number of rotatable bonds is 6. The summed E-state index contributed by atoms with van der Waals surface area (Å²) in [5, 5.41) is 11.4. The molecule has 2 amide bonds. The van der Waals surface area contributed by atoms with Crippen LogP contribution in [0.5, 0.6) is 0 Å². The number of nitrogens with zero attached hydrogens (tertiary/aromatic N) is 4. The summed E-state index contributed by atoms with van der Waals surface area (Å²) in [5.74, 6) is -0.216. The SMILES string of the molecule is CC(=O)Nc1nc2c(s1)-c1c(c(-c3cccnc3)nn1-c1ccc(CC(=O)Nc3ccccc3)cc1)CC2. The molecular weight excluding hydrogens is 496 g/mol. The highest BCUT2D eigenvalue weighted by atomic mass is 32.1. The summed E-state index contributed by atoms with van der Waals surface area (Å²) in [6, 6.07) is 21.2. The molecule has 3 heterocycles. The topological polar surface area (TPSA) is 102 Å². The maximum Gasteiger partial charge on any atom is 0.228 e. The molecule has 6 rings (SSSR count). The van der Waals surface area contributed by atoms with E-state index in [4.69, 9.17) is 5.10 Å². The zero-order chi connectivity index (χ0) is 26.1. The van der Waals surface area contributed by atoms with Crippen LogP contribution in [0.1, 0.15) is 23.7 Å². The number of benzene rings is 2. The lowest BCUT2D eigenvalue weighted by molar-refractivity contribution is -0.116. The maximum atomic E-state index is 12.5. The highest BCUT2D eigenvalue weighted by Crippen LogP contribution is 2.44. The number of hydrogen-bond donors (Lipinski definition) is 2. The van der Waals surface area contributed by atoms with Gasteiger partial charge in [0.25, 0.3) is 0 Å². The van der Waals surface area contributed by atoms with Crippen LogP contribution in [0, 0.1) is 0 Å². The number of carbonyl (C=O) groups excluding carboxylic acids is 2. The predicted octanol–water partition coefficient (Wildman–Crippen LogP) is 5.30. The van der Waals surface area contributed by atoms with Gasteiger partial charge in [-0.25, -0.2) is 9.67 Å². The largest absolute Gasteiger partial charge is 0.326 e. The second kappa shape index (κ2) is 10.0. The first-order chi connectivity index (χ1) is 18.5. The van der Waals surface area contributed by atoms with E-state index in [-0.39, 0.29) is 18.2 Å². The van der Waals surface area contributed by atoms with E-state index in [0.717, 1.165) is 62.9 Å². The fourth-order valence-corrected chi connectivity index (χ4v) is 5.78. The molecule has 9 heteroatoms. The average molecular weight is 521 g/mol. The Balaban J connectivity index is 1.36. The van der Waals surface area contributed by atoms with Crippen molar-refractivity contribution in [2.24, 2.45) is 0 Å². The fraction of sp³-hybridized carbons (Fsp3) is 0.138. The predicted molar refractivity (Wildman–Crippen MR) is 148 cm³/mol. The van der Waals surface area contributed by atoms with Crippen molar-refractivity contribution in [2.45, 2.75) is 26.2 Å². The second-order valence-electron chi connectivity index (χ2n) is 9.06. The van der Waals surface area contributed by atoms with E-state index in [1.807, 2.05) is 77.6 Å². The zero-order valence-corrected chi connectivity index (χ0v) is 21.5. The summed E-state index contributed by atoms with van der Waals surface area (Å²) in [6.07, 6.45) is 5.40. The standard InChI is InChI=1S/C29H24N6O2S/c1-18(36)31-29-33-24-14-13-23-26(20-6-5-15-30-17-20)34-35(27(23)28(24)38-29)22-11-9-19(10-12-22)16-25(37)32-21-7-3-2-4-8-21/h2-12,15,17H,13-14,16H2,1H3,(H,32,37)(H,31,33,36). The molecule has 0 saturated heterocycles. The summed E-state index contributed by atoms with van der Waals surface area (Å²) in [4.78, 5) is 34.2. The molecule has 1 aliphatic rings. The van der Waals surface area contributed by atoms with Gasteiger partial charge in [0.05, 0.1) is 34.1 Å². The number of hydrogen-bond acceptors (Lipinski definition) is 6. The van der Waals surface area contributed by atoms with Gasteiger partial charge in [-0.3, -0.25) is 14.6 Å². The second-order valence-corrected chi connectivity index (χ2v) is 10.1. The molecule has 2 N–H and O–H groups in total. The Bertz CT molecular complexity index is 1630. The minimum atomic E-state index is -0.146. The Morgan fingerprint density at radius 1 is 0.974 bits per heavy atom. The van der Waals surface area contributed by atoms with Gasteiger partial charge in [-0.2, -0.15) is 5.10 Å². The van der Waals surface area contributed by atoms with Crippen LogP contribution in [0.25, 0.3) is 27.5 Å². The molecule has 38 heavy (non-hydrogen) atoms. The Morgan fingerprint density at radius 3 is 2.53 bits per heavy atom. The molecule has 0 radical (unpaired) electrons. The summed E-state index contributed by atoms with van der Waals surface area (Å²) in [6.45, 7) is 1.48. The summed E-state index contributed by atoms with van der Waals surface area (Å²) >= 11 is 1.46. The number of carbonyl (C=O) groups is 2. The number of nitrogens with one attached hydrogen (secondary N) is 2. The average Bonchev–Trinajstić information content (AvgIpc) is 3.51. The molecule has 0 spiro atoms. The van der Waals surface area contributed by atoms with Crippen LogP contribution in [-0.4, -0.2) is 31.6 Å². The molecule has 8 nitrogen and oxygen atoms in total. The number of para-hydroxylation sites is 1. The van der Waals surface area contributed by atoms with Gasteiger partial charge in [0.1, 0.15) is 0 Å². The van der Waals surface area contributed by atoms with Crippen molar-refractivity contribution in [1.82, 2.24) is 19.7 Å². The van der Waals surface area contributed by atoms with Crippen molar-refractivity contribution in [1.29, 1.82) is 0 Å². The third-order valence-electron chi connectivity index (χ3n) is 6.33. The first-order valence-electron chi connectivity index (χ1n) is 12.3. The first-order valence-corrected chi connectivity index (χ1v) is 13.1. The quantitative estimate of drug-likeness (QED) is 0.317. The number of amides is 2. The molecule has 1 aliphatic carbocycles. The molecule has 3 aromatic heterocycles. The monoisotopic (exact) mass is 520 g/mol. The summed E-state index contributed by atoms with van der Waals surface area (Å²) in [5.41, 5.74) is 7.47. The van der Waals surface area contributed by atoms with Crippen molar-refractivity contribution in [3.63, 3.8) is 0 Å². The number of aryl methyl sites for hydroxylation is 1. The van der Waals surface area contributed by atoms with E-state index < -0.39 is 0 Å². The van der Waals surface area contributed by atoms with Crippen LogP contribution >= 0.6 is 11.3 Å². The lowest BCUT2D eigenvalue weighted by atomic mass is 9.95. The van der Waals surface area contributed by atoms with E-state index in [2.05, 4.69) is 20.6 Å². The highest BCUT2D eigenvalue weighted by Gasteiger charge is 2.30. The van der Waals surface area contributed by atoms with Crippen molar-refractivity contribution in [2.75, 3.05) is 10.6 Å². The summed E-state index contributed by atoms with van der Waals surface area (Å²) < 4.78 is 1.94. The van der Waals surface area contributed by atoms with Gasteiger partial charge in [-0.05, 0) is 54.8 Å². The van der Waals surface area contributed by atoms with Crippen LogP contribution in [-0.2, 0) is 28.9 Å². The number of thiazole rings is 1. The van der Waals surface area contributed by atoms with Gasteiger partial charge in [0, 0.05) is 36.1 Å². The third-order valence-corrected chi connectivity index (χ3v) is 7.35. The highest BCUT2D eigenvalue weighted by molar-refractivity contribution is 7.19. The molecule has 0 bridgehead atoms. The minimum absolute atomic E-state index is 0.0703. The summed E-state index contributed by atoms with van der Waals surface area (Å²) in [7, 11) is 0. The fourth-order valence-electron chi connectivity index (χ4n) is 4.66. The Hall–Kier alpha value is -4.63. The van der Waals surface area contributed by atoms with Gasteiger partial charge in [-0.15, -0.1) is 0 Å². The van der Waals surface area contributed by atoms with Crippen LogP contribution in [0.2, 0.25) is 0 Å². The molecule has 188 valence electrons. The molecule has 0 unspecified atom stereocenters. The molecule has 0 atom stereocenters. The Labute approximate surface area is 223 Å². The van der Waals surface area contributed by atoms with E-state index in [9.17, 15) is 9.59 Å². The first kappa shape index (κ1) is 23.7. The Morgan fingerprint density at radius 2 is 1.79 bits per heavy atom. The Kier molecular flexibility index (Phi) is 6.27. The molecule has 5 aromatic rings. The van der Waals surface area contributed by atoms with Crippen LogP contribution in [0.15, 0.2) is 79.1 Å². The number of pyridine rings is 1. The van der Waals surface area contributed by atoms with E-state index in [1.165, 1.54) is 18.3 Å². The lowest BCUT2D eigenvalue weighted by Gasteiger charge is -2.14. The van der Waals surface area contributed by atoms with E-state index in [0.29, 0.717) is 5.13 Å². The van der Waals surface area contributed by atoms with Gasteiger partial charge < -0.3 is 10.6 Å². The normalized spacial score (nSPS) is 11.9. The van der Waals surface area contributed by atoms with Crippen molar-refractivity contribution < 1.29 is 9.59 Å². The van der Waals surface area contributed by atoms with Crippen molar-refractivity contribution in [3.05, 3.63) is 95.9 Å². The van der Waals surface area contributed by atoms with Gasteiger partial charge in [-0.1, -0.05) is 41.7 Å². The smallest absolute Gasteiger partial charge is 0.228 e.